The Morgan fingerprint density at radius 3 is 1.12 bits per heavy atom. The zero-order valence-electron chi connectivity index (χ0n) is 19.3. The molecule has 2 rings (SSSR count). The van der Waals surface area contributed by atoms with Gasteiger partial charge in [0, 0.05) is 9.79 Å². The first-order valence-corrected chi connectivity index (χ1v) is 13.4. The molecule has 2 aromatic rings. The maximum absolute atomic E-state index is 13.5. The summed E-state index contributed by atoms with van der Waals surface area (Å²) in [6.07, 6.45) is -0.104. The van der Waals surface area contributed by atoms with E-state index in [1.54, 1.807) is 24.3 Å². The normalized spacial score (nSPS) is 18.4. The summed E-state index contributed by atoms with van der Waals surface area (Å²) in [5, 5.41) is 21.8. The molecule has 0 heterocycles. The van der Waals surface area contributed by atoms with Crippen LogP contribution in [0.3, 0.4) is 0 Å². The number of halogens is 2. The molecule has 0 saturated heterocycles. The van der Waals surface area contributed by atoms with Crippen molar-refractivity contribution < 1.29 is 18.6 Å². The minimum Gasteiger partial charge on any atom is -0.388 e. The molecule has 0 radical (unpaired) electrons. The molecule has 4 unspecified atom stereocenters. The van der Waals surface area contributed by atoms with Gasteiger partial charge in [-0.1, -0.05) is 35.4 Å². The second-order valence-electron chi connectivity index (χ2n) is 9.24. The van der Waals surface area contributed by atoms with E-state index in [2.05, 4.69) is 0 Å². The number of hydrogen-bond donors (Lipinski definition) is 2. The lowest BCUT2D eigenvalue weighted by Crippen LogP contribution is -2.53. The van der Waals surface area contributed by atoms with E-state index in [4.69, 9.17) is 23.2 Å². The van der Waals surface area contributed by atoms with Crippen molar-refractivity contribution >= 4 is 44.8 Å². The lowest BCUT2D eigenvalue weighted by Gasteiger charge is -2.42. The summed E-state index contributed by atoms with van der Waals surface area (Å²) in [4.78, 5) is 0.937. The van der Waals surface area contributed by atoms with Crippen molar-refractivity contribution in [2.45, 2.75) is 83.8 Å². The molecule has 8 heteroatoms. The standard InChI is InChI=1S/C24H32Cl2O4S2/c1-17-7-11-19(12-8-17)31(29)23(25,21(3,4)27)15-16-24(26,22(5,6)28)32(30)20-13-9-18(2)10-14-20/h7-14,27-28H,15-16H2,1-6H3. The molecule has 0 spiro atoms. The predicted octanol–water partition coefficient (Wildman–Crippen LogP) is 5.41. The van der Waals surface area contributed by atoms with Gasteiger partial charge in [-0.15, -0.1) is 23.2 Å². The van der Waals surface area contributed by atoms with Gasteiger partial charge in [-0.05, 0) is 78.6 Å². The molecule has 32 heavy (non-hydrogen) atoms. The fraction of sp³-hybridized carbons (Fsp3) is 0.500. The van der Waals surface area contributed by atoms with Crippen LogP contribution in [-0.2, 0) is 21.6 Å². The summed E-state index contributed by atoms with van der Waals surface area (Å²) < 4.78 is 23.7. The molecule has 0 aliphatic carbocycles. The van der Waals surface area contributed by atoms with Gasteiger partial charge < -0.3 is 10.2 Å². The Balaban J connectivity index is 2.45. The summed E-state index contributed by atoms with van der Waals surface area (Å²) in [7, 11) is -3.62. The van der Waals surface area contributed by atoms with Crippen LogP contribution in [0, 0.1) is 13.8 Å². The first-order chi connectivity index (χ1) is 14.5. The molecule has 4 atom stereocenters. The van der Waals surface area contributed by atoms with Crippen LogP contribution in [0.15, 0.2) is 58.3 Å². The number of rotatable bonds is 9. The highest BCUT2D eigenvalue weighted by Gasteiger charge is 2.54. The SMILES string of the molecule is Cc1ccc(S(=O)C(Cl)(CCC(Cl)(S(=O)c2ccc(C)cc2)C(C)(C)O)C(C)(C)O)cc1. The Morgan fingerprint density at radius 1 is 0.656 bits per heavy atom. The highest BCUT2D eigenvalue weighted by atomic mass is 35.5. The van der Waals surface area contributed by atoms with E-state index in [-0.39, 0.29) is 12.8 Å². The lowest BCUT2D eigenvalue weighted by molar-refractivity contribution is 0.0424. The summed E-state index contributed by atoms with van der Waals surface area (Å²) in [5.74, 6) is 0. The monoisotopic (exact) mass is 518 g/mol. The predicted molar refractivity (Wildman–Crippen MR) is 134 cm³/mol. The Morgan fingerprint density at radius 2 is 0.906 bits per heavy atom. The van der Waals surface area contributed by atoms with E-state index >= 15 is 0 Å². The maximum atomic E-state index is 13.5. The lowest BCUT2D eigenvalue weighted by atomic mass is 9.94. The molecule has 0 aliphatic rings. The van der Waals surface area contributed by atoms with Gasteiger partial charge in [0.15, 0.2) is 8.41 Å². The third-order valence-electron chi connectivity index (χ3n) is 5.65. The van der Waals surface area contributed by atoms with Crippen molar-refractivity contribution in [2.24, 2.45) is 0 Å². The summed E-state index contributed by atoms with van der Waals surface area (Å²) in [5.41, 5.74) is -1.12. The topological polar surface area (TPSA) is 74.6 Å². The van der Waals surface area contributed by atoms with Gasteiger partial charge in [0.05, 0.1) is 32.8 Å². The van der Waals surface area contributed by atoms with Crippen molar-refractivity contribution in [1.82, 2.24) is 0 Å². The molecule has 178 valence electrons. The molecule has 0 aromatic heterocycles. The smallest absolute Gasteiger partial charge is 0.152 e. The van der Waals surface area contributed by atoms with Crippen LogP contribution in [0.25, 0.3) is 0 Å². The first-order valence-electron chi connectivity index (χ1n) is 10.3. The van der Waals surface area contributed by atoms with Gasteiger partial charge >= 0.3 is 0 Å². The van der Waals surface area contributed by atoms with E-state index in [0.29, 0.717) is 9.79 Å². The first kappa shape index (κ1) is 27.5. The third-order valence-corrected chi connectivity index (χ3v) is 11.8. The summed E-state index contributed by atoms with van der Waals surface area (Å²) >= 11 is 13.8. The highest BCUT2D eigenvalue weighted by Crippen LogP contribution is 2.47. The minimum atomic E-state index is -1.81. The quantitative estimate of drug-likeness (QED) is 0.435. The Kier molecular flexibility index (Phi) is 8.46. The van der Waals surface area contributed by atoms with Crippen molar-refractivity contribution in [2.75, 3.05) is 0 Å². The van der Waals surface area contributed by atoms with Crippen molar-refractivity contribution in [3.8, 4) is 0 Å². The van der Waals surface area contributed by atoms with E-state index in [1.165, 1.54) is 27.7 Å². The largest absolute Gasteiger partial charge is 0.388 e. The average Bonchev–Trinajstić information content (AvgIpc) is 2.70. The van der Waals surface area contributed by atoms with Crippen LogP contribution >= 0.6 is 23.2 Å². The molecule has 0 saturated carbocycles. The van der Waals surface area contributed by atoms with Crippen molar-refractivity contribution in [3.05, 3.63) is 59.7 Å². The van der Waals surface area contributed by atoms with Gasteiger partial charge in [0.2, 0.25) is 0 Å². The fourth-order valence-corrected chi connectivity index (χ4v) is 6.99. The van der Waals surface area contributed by atoms with Gasteiger partial charge in [-0.2, -0.15) is 0 Å². The minimum absolute atomic E-state index is 0.0519. The molecular formula is C24H32Cl2O4S2. The molecule has 4 nitrogen and oxygen atoms in total. The number of aryl methyl sites for hydroxylation is 2. The van der Waals surface area contributed by atoms with Gasteiger partial charge in [0.25, 0.3) is 0 Å². The van der Waals surface area contributed by atoms with Crippen LogP contribution in [0.5, 0.6) is 0 Å². The van der Waals surface area contributed by atoms with Crippen LogP contribution in [0.4, 0.5) is 0 Å². The van der Waals surface area contributed by atoms with Gasteiger partial charge in [-0.25, -0.2) is 0 Å². The second kappa shape index (κ2) is 9.85. The molecule has 0 bridgehead atoms. The van der Waals surface area contributed by atoms with Gasteiger partial charge in [0.1, 0.15) is 0 Å². The summed E-state index contributed by atoms with van der Waals surface area (Å²) in [6.45, 7) is 9.79. The molecule has 2 aromatic carbocycles. The van der Waals surface area contributed by atoms with Crippen LogP contribution in [0.1, 0.15) is 51.7 Å². The van der Waals surface area contributed by atoms with E-state index in [0.717, 1.165) is 11.1 Å². The molecule has 0 amide bonds. The van der Waals surface area contributed by atoms with Crippen molar-refractivity contribution in [3.63, 3.8) is 0 Å². The van der Waals surface area contributed by atoms with E-state index in [9.17, 15) is 18.6 Å². The summed E-state index contributed by atoms with van der Waals surface area (Å²) in [6, 6.07) is 14.1. The number of hydrogen-bond acceptors (Lipinski definition) is 4. The number of alkyl halides is 2. The van der Waals surface area contributed by atoms with Crippen LogP contribution < -0.4 is 0 Å². The fourth-order valence-electron chi connectivity index (χ4n) is 3.27. The maximum Gasteiger partial charge on any atom is 0.152 e. The average molecular weight is 520 g/mol. The highest BCUT2D eigenvalue weighted by molar-refractivity contribution is 7.88. The van der Waals surface area contributed by atoms with Crippen molar-refractivity contribution in [1.29, 1.82) is 0 Å². The Hall–Kier alpha value is -0.760. The molecule has 0 fully saturated rings. The number of benzene rings is 2. The Bertz CT molecular complexity index is 898. The molecular weight excluding hydrogens is 487 g/mol. The zero-order chi connectivity index (χ0) is 24.5. The molecule has 0 aliphatic heterocycles. The molecule has 2 N–H and O–H groups in total. The van der Waals surface area contributed by atoms with Gasteiger partial charge in [-0.3, -0.25) is 8.42 Å². The number of aliphatic hydroxyl groups is 2. The van der Waals surface area contributed by atoms with Crippen LogP contribution in [0.2, 0.25) is 0 Å². The van der Waals surface area contributed by atoms with E-state index < -0.39 is 41.2 Å². The second-order valence-corrected chi connectivity index (χ2v) is 14.4. The third kappa shape index (κ3) is 5.65. The van der Waals surface area contributed by atoms with Crippen LogP contribution in [-0.4, -0.2) is 38.2 Å². The Labute approximate surface area is 206 Å². The van der Waals surface area contributed by atoms with E-state index in [1.807, 2.05) is 38.1 Å². The zero-order valence-corrected chi connectivity index (χ0v) is 22.5.